The van der Waals surface area contributed by atoms with Crippen LogP contribution in [0.2, 0.25) is 0 Å². The first-order valence-corrected chi connectivity index (χ1v) is 5.86. The van der Waals surface area contributed by atoms with Gasteiger partial charge in [-0.3, -0.25) is 4.90 Å². The van der Waals surface area contributed by atoms with Crippen LogP contribution >= 0.6 is 0 Å². The largest absolute Gasteiger partial charge is 0.486 e. The molecule has 0 aromatic heterocycles. The summed E-state index contributed by atoms with van der Waals surface area (Å²) >= 11 is 0. The molecule has 0 bridgehead atoms. The Hall–Kier alpha value is -2.44. The molecular formula is C12H12N2O5. The minimum absolute atomic E-state index is 0.0859. The summed E-state index contributed by atoms with van der Waals surface area (Å²) in [7, 11) is 0. The number of carbonyl (C=O) groups is 2. The summed E-state index contributed by atoms with van der Waals surface area (Å²) in [6.07, 6.45) is 0. The van der Waals surface area contributed by atoms with Crippen molar-refractivity contribution in [2.75, 3.05) is 24.7 Å². The monoisotopic (exact) mass is 264 g/mol. The van der Waals surface area contributed by atoms with Crippen molar-refractivity contribution in [1.82, 2.24) is 5.32 Å². The van der Waals surface area contributed by atoms with E-state index in [4.69, 9.17) is 14.6 Å². The molecule has 1 unspecified atom stereocenters. The summed E-state index contributed by atoms with van der Waals surface area (Å²) in [6.45, 7) is 1.00. The summed E-state index contributed by atoms with van der Waals surface area (Å²) in [5.74, 6) is 0.0716. The maximum absolute atomic E-state index is 11.7. The van der Waals surface area contributed by atoms with E-state index in [1.54, 1.807) is 18.2 Å². The maximum atomic E-state index is 11.7. The fourth-order valence-electron chi connectivity index (χ4n) is 2.18. The van der Waals surface area contributed by atoms with Crippen molar-refractivity contribution in [1.29, 1.82) is 0 Å². The van der Waals surface area contributed by atoms with Gasteiger partial charge in [-0.15, -0.1) is 0 Å². The number of ether oxygens (including phenoxy) is 2. The van der Waals surface area contributed by atoms with Gasteiger partial charge in [0.1, 0.15) is 13.2 Å². The predicted molar refractivity (Wildman–Crippen MR) is 64.7 cm³/mol. The number of hydrogen-bond donors (Lipinski definition) is 2. The lowest BCUT2D eigenvalue weighted by molar-refractivity contribution is -0.137. The molecule has 0 radical (unpaired) electrons. The van der Waals surface area contributed by atoms with Gasteiger partial charge in [0.25, 0.3) is 0 Å². The summed E-state index contributed by atoms with van der Waals surface area (Å²) in [4.78, 5) is 24.1. The smallest absolute Gasteiger partial charge is 0.328 e. The molecule has 7 nitrogen and oxygen atoms in total. The number of carboxylic acid groups (broad SMARTS) is 1. The number of hydrogen-bond acceptors (Lipinski definition) is 4. The molecule has 0 saturated carbocycles. The van der Waals surface area contributed by atoms with Crippen LogP contribution in [0.1, 0.15) is 0 Å². The van der Waals surface area contributed by atoms with Crippen molar-refractivity contribution in [2.24, 2.45) is 0 Å². The van der Waals surface area contributed by atoms with Crippen LogP contribution in [0.15, 0.2) is 18.2 Å². The molecular weight excluding hydrogens is 252 g/mol. The predicted octanol–water partition coefficient (Wildman–Crippen LogP) is 0.441. The second-order valence-electron chi connectivity index (χ2n) is 4.24. The molecule has 1 aromatic carbocycles. The molecule has 2 amide bonds. The standard InChI is InChI=1S/C12H12N2O5/c15-11(16)8-6-13-12(17)14(8)7-1-2-9-10(5-7)19-4-3-18-9/h1-2,5,8H,3-4,6H2,(H,13,17)(H,15,16). The maximum Gasteiger partial charge on any atom is 0.328 e. The molecule has 0 spiro atoms. The van der Waals surface area contributed by atoms with Gasteiger partial charge in [0.2, 0.25) is 0 Å². The van der Waals surface area contributed by atoms with Gasteiger partial charge in [-0.1, -0.05) is 0 Å². The third kappa shape index (κ3) is 1.92. The molecule has 100 valence electrons. The SMILES string of the molecule is O=C(O)C1CNC(=O)N1c1ccc2c(c1)OCCO2. The second kappa shape index (κ2) is 4.34. The average Bonchev–Trinajstić information content (AvgIpc) is 2.80. The molecule has 1 fully saturated rings. The van der Waals surface area contributed by atoms with Crippen molar-refractivity contribution in [3.63, 3.8) is 0 Å². The summed E-state index contributed by atoms with van der Waals surface area (Å²) in [6, 6.07) is 3.61. The summed E-state index contributed by atoms with van der Waals surface area (Å²) < 4.78 is 10.8. The third-order valence-corrected chi connectivity index (χ3v) is 3.07. The number of benzene rings is 1. The Labute approximate surface area is 108 Å². The highest BCUT2D eigenvalue weighted by Crippen LogP contribution is 2.35. The number of fused-ring (bicyclic) bond motifs is 1. The number of amides is 2. The van der Waals surface area contributed by atoms with Gasteiger partial charge in [0, 0.05) is 6.07 Å². The topological polar surface area (TPSA) is 88.1 Å². The van der Waals surface area contributed by atoms with Crippen LogP contribution in [-0.4, -0.2) is 42.9 Å². The molecule has 7 heteroatoms. The number of anilines is 1. The Morgan fingerprint density at radius 1 is 1.32 bits per heavy atom. The number of nitrogens with zero attached hydrogens (tertiary/aromatic N) is 1. The molecule has 2 heterocycles. The molecule has 0 aliphatic carbocycles. The molecule has 1 aromatic rings. The van der Waals surface area contributed by atoms with E-state index < -0.39 is 18.0 Å². The zero-order chi connectivity index (χ0) is 13.4. The van der Waals surface area contributed by atoms with Crippen LogP contribution in [-0.2, 0) is 4.79 Å². The van der Waals surface area contributed by atoms with E-state index in [1.165, 1.54) is 4.90 Å². The Balaban J connectivity index is 1.96. The van der Waals surface area contributed by atoms with Gasteiger partial charge in [-0.05, 0) is 12.1 Å². The number of carbonyl (C=O) groups excluding carboxylic acids is 1. The summed E-state index contributed by atoms with van der Waals surface area (Å²) in [5, 5.41) is 11.6. The third-order valence-electron chi connectivity index (χ3n) is 3.07. The van der Waals surface area contributed by atoms with Gasteiger partial charge >= 0.3 is 12.0 Å². The minimum atomic E-state index is -1.05. The van der Waals surface area contributed by atoms with Gasteiger partial charge in [0.15, 0.2) is 17.5 Å². The Morgan fingerprint density at radius 2 is 2.05 bits per heavy atom. The van der Waals surface area contributed by atoms with E-state index in [-0.39, 0.29) is 6.54 Å². The van der Waals surface area contributed by atoms with E-state index in [1.807, 2.05) is 0 Å². The van der Waals surface area contributed by atoms with Crippen molar-refractivity contribution in [3.8, 4) is 11.5 Å². The number of aliphatic carboxylic acids is 1. The van der Waals surface area contributed by atoms with Gasteiger partial charge in [-0.25, -0.2) is 9.59 Å². The lowest BCUT2D eigenvalue weighted by Gasteiger charge is -2.23. The highest BCUT2D eigenvalue weighted by atomic mass is 16.6. The van der Waals surface area contributed by atoms with Crippen molar-refractivity contribution < 1.29 is 24.2 Å². The van der Waals surface area contributed by atoms with Crippen LogP contribution in [0.25, 0.3) is 0 Å². The quantitative estimate of drug-likeness (QED) is 0.809. The molecule has 2 aliphatic rings. The number of carboxylic acids is 1. The normalized spacial score (nSPS) is 21.2. The van der Waals surface area contributed by atoms with Crippen molar-refractivity contribution in [2.45, 2.75) is 6.04 Å². The zero-order valence-electron chi connectivity index (χ0n) is 9.96. The van der Waals surface area contributed by atoms with Crippen LogP contribution in [0, 0.1) is 0 Å². The number of urea groups is 1. The Morgan fingerprint density at radius 3 is 2.79 bits per heavy atom. The van der Waals surface area contributed by atoms with Gasteiger partial charge < -0.3 is 19.9 Å². The second-order valence-corrected chi connectivity index (χ2v) is 4.24. The van der Waals surface area contributed by atoms with Crippen LogP contribution in [0.4, 0.5) is 10.5 Å². The van der Waals surface area contributed by atoms with Gasteiger partial charge in [0.05, 0.1) is 12.2 Å². The van der Waals surface area contributed by atoms with E-state index in [0.717, 1.165) is 0 Å². The van der Waals surface area contributed by atoms with E-state index in [9.17, 15) is 9.59 Å². The molecule has 19 heavy (non-hydrogen) atoms. The van der Waals surface area contributed by atoms with E-state index in [2.05, 4.69) is 5.32 Å². The molecule has 1 saturated heterocycles. The Bertz CT molecular complexity index is 545. The lowest BCUT2D eigenvalue weighted by Crippen LogP contribution is -2.39. The summed E-state index contributed by atoms with van der Waals surface area (Å²) in [5.41, 5.74) is 0.478. The first-order chi connectivity index (χ1) is 9.16. The first-order valence-electron chi connectivity index (χ1n) is 5.86. The molecule has 1 atom stereocenters. The number of nitrogens with one attached hydrogen (secondary N) is 1. The minimum Gasteiger partial charge on any atom is -0.486 e. The fourth-order valence-corrected chi connectivity index (χ4v) is 2.18. The number of rotatable bonds is 2. The molecule has 2 N–H and O–H groups in total. The fraction of sp³-hybridized carbons (Fsp3) is 0.333. The van der Waals surface area contributed by atoms with E-state index in [0.29, 0.717) is 30.4 Å². The average molecular weight is 264 g/mol. The van der Waals surface area contributed by atoms with Crippen molar-refractivity contribution in [3.05, 3.63) is 18.2 Å². The van der Waals surface area contributed by atoms with Crippen LogP contribution in [0.5, 0.6) is 11.5 Å². The first kappa shape index (κ1) is 11.6. The highest BCUT2D eigenvalue weighted by Gasteiger charge is 2.37. The van der Waals surface area contributed by atoms with Crippen LogP contribution in [0.3, 0.4) is 0 Å². The van der Waals surface area contributed by atoms with Gasteiger partial charge in [-0.2, -0.15) is 0 Å². The molecule has 2 aliphatic heterocycles. The van der Waals surface area contributed by atoms with Crippen LogP contribution < -0.4 is 19.7 Å². The molecule has 3 rings (SSSR count). The van der Waals surface area contributed by atoms with Crippen molar-refractivity contribution >= 4 is 17.7 Å². The zero-order valence-corrected chi connectivity index (χ0v) is 9.96. The highest BCUT2D eigenvalue weighted by molar-refractivity contribution is 6.01. The lowest BCUT2D eigenvalue weighted by atomic mass is 10.2. The van der Waals surface area contributed by atoms with E-state index >= 15 is 0 Å². The Kier molecular flexibility index (Phi) is 2.66.